The van der Waals surface area contributed by atoms with Gasteiger partial charge in [-0.1, -0.05) is 18.0 Å². The van der Waals surface area contributed by atoms with Crippen molar-refractivity contribution in [2.75, 3.05) is 0 Å². The lowest BCUT2D eigenvalue weighted by molar-refractivity contribution is 0.933. The van der Waals surface area contributed by atoms with E-state index in [9.17, 15) is 0 Å². The molecule has 0 bridgehead atoms. The summed E-state index contributed by atoms with van der Waals surface area (Å²) in [5.41, 5.74) is 0. The molecule has 1 aliphatic heterocycles. The van der Waals surface area contributed by atoms with Crippen LogP contribution in [0.25, 0.3) is 0 Å². The molecule has 0 aliphatic carbocycles. The largest absolute Gasteiger partial charge is 0.256 e. The summed E-state index contributed by atoms with van der Waals surface area (Å²) in [4.78, 5) is 0. The zero-order valence-corrected chi connectivity index (χ0v) is 4.87. The van der Waals surface area contributed by atoms with Gasteiger partial charge in [0.15, 0.2) is 0 Å². The van der Waals surface area contributed by atoms with Gasteiger partial charge in [-0.05, 0) is 18.2 Å². The molecule has 0 aromatic rings. The lowest BCUT2D eigenvalue weighted by Gasteiger charge is -1.89. The molecule has 0 amide bonds. The van der Waals surface area contributed by atoms with Crippen molar-refractivity contribution < 1.29 is 0 Å². The van der Waals surface area contributed by atoms with Crippen LogP contribution in [0.4, 0.5) is 0 Å². The Balaban J connectivity index is 2.20. The fourth-order valence-electron chi connectivity index (χ4n) is 0.442. The summed E-state index contributed by atoms with van der Waals surface area (Å²) in [6, 6.07) is 0. The summed E-state index contributed by atoms with van der Waals surface area (Å²) in [5.74, 6) is 0. The molecule has 7 heavy (non-hydrogen) atoms. The fourth-order valence-corrected chi connectivity index (χ4v) is 0.967. The predicted molar refractivity (Wildman–Crippen MR) is 33.4 cm³/mol. The average Bonchev–Trinajstić information content (AvgIpc) is 1.90. The molecule has 0 spiro atoms. The maximum Gasteiger partial charge on any atom is 0.0340 e. The zero-order valence-electron chi connectivity index (χ0n) is 4.05. The molecular weight excluding hydrogens is 106 g/mol. The Labute approximate surface area is 48.3 Å². The van der Waals surface area contributed by atoms with Crippen molar-refractivity contribution in [3.8, 4) is 0 Å². The summed E-state index contributed by atoms with van der Waals surface area (Å²) in [6.07, 6.45) is 4.50. The molecule has 1 heterocycles. The van der Waals surface area contributed by atoms with Crippen molar-refractivity contribution in [2.24, 2.45) is 0 Å². The van der Waals surface area contributed by atoms with Crippen LogP contribution in [-0.4, -0.2) is 0 Å². The third-order valence-electron chi connectivity index (χ3n) is 0.793. The summed E-state index contributed by atoms with van der Waals surface area (Å²) in [5, 5.41) is 2.07. The van der Waals surface area contributed by atoms with E-state index in [-0.39, 0.29) is 0 Å². The van der Waals surface area contributed by atoms with Gasteiger partial charge in [0.05, 0.1) is 0 Å². The van der Waals surface area contributed by atoms with Crippen molar-refractivity contribution in [2.45, 2.75) is 12.8 Å². The van der Waals surface area contributed by atoms with E-state index in [0.717, 1.165) is 6.42 Å². The second-order valence-electron chi connectivity index (χ2n) is 1.39. The van der Waals surface area contributed by atoms with Gasteiger partial charge in [0.1, 0.15) is 0 Å². The van der Waals surface area contributed by atoms with E-state index in [1.165, 1.54) is 6.42 Å². The van der Waals surface area contributed by atoms with Crippen LogP contribution in [0.15, 0.2) is 11.5 Å². The first-order valence-corrected chi connectivity index (χ1v) is 3.26. The van der Waals surface area contributed by atoms with Crippen LogP contribution in [0.3, 0.4) is 0 Å². The summed E-state index contributed by atoms with van der Waals surface area (Å²) in [6.45, 7) is 2.07. The molecule has 0 atom stereocenters. The van der Waals surface area contributed by atoms with Crippen molar-refractivity contribution in [1.29, 1.82) is 0 Å². The third kappa shape index (κ3) is 2.00. The smallest absolute Gasteiger partial charge is 0.0340 e. The van der Waals surface area contributed by atoms with E-state index in [1.807, 2.05) is 0 Å². The third-order valence-corrected chi connectivity index (χ3v) is 1.42. The quantitative estimate of drug-likeness (QED) is 0.481. The topological polar surface area (TPSA) is 12.0 Å². The number of allylic oxidation sites excluding steroid dienone is 1. The standard InChI is InChI=1S/C5H8NS/c1-2-4-6-7-5-3-1/h3-6H,1-2H2. The lowest BCUT2D eigenvalue weighted by atomic mass is 10.3. The SMILES string of the molecule is [CH]1CCC=CSN1. The van der Waals surface area contributed by atoms with E-state index in [2.05, 4.69) is 22.8 Å². The van der Waals surface area contributed by atoms with E-state index < -0.39 is 0 Å². The molecule has 0 aromatic heterocycles. The Morgan fingerprint density at radius 3 is 3.43 bits per heavy atom. The first-order chi connectivity index (χ1) is 3.50. The van der Waals surface area contributed by atoms with Crippen LogP contribution in [0.2, 0.25) is 0 Å². The highest BCUT2D eigenvalue weighted by Gasteiger charge is 1.88. The maximum atomic E-state index is 3.05. The van der Waals surface area contributed by atoms with Crippen LogP contribution in [-0.2, 0) is 0 Å². The molecule has 1 radical (unpaired) electrons. The Morgan fingerprint density at radius 2 is 2.43 bits per heavy atom. The minimum atomic E-state index is 1.16. The molecule has 0 saturated heterocycles. The normalized spacial score (nSPS) is 21.7. The molecule has 0 unspecified atom stereocenters. The van der Waals surface area contributed by atoms with Crippen molar-refractivity contribution in [3.05, 3.63) is 18.0 Å². The number of nitrogens with one attached hydrogen (secondary N) is 1. The van der Waals surface area contributed by atoms with Crippen LogP contribution >= 0.6 is 11.9 Å². The van der Waals surface area contributed by atoms with Crippen molar-refractivity contribution in [1.82, 2.24) is 4.72 Å². The molecule has 1 N–H and O–H groups in total. The van der Waals surface area contributed by atoms with Crippen LogP contribution in [0, 0.1) is 6.54 Å². The van der Waals surface area contributed by atoms with Gasteiger partial charge in [0.25, 0.3) is 0 Å². The Morgan fingerprint density at radius 1 is 1.43 bits per heavy atom. The molecule has 0 aromatic carbocycles. The monoisotopic (exact) mass is 114 g/mol. The summed E-state index contributed by atoms with van der Waals surface area (Å²) < 4.78 is 3.05. The van der Waals surface area contributed by atoms with Gasteiger partial charge in [0, 0.05) is 6.54 Å². The van der Waals surface area contributed by atoms with E-state index in [4.69, 9.17) is 0 Å². The van der Waals surface area contributed by atoms with Crippen LogP contribution in [0.5, 0.6) is 0 Å². The van der Waals surface area contributed by atoms with E-state index >= 15 is 0 Å². The Hall–Kier alpha value is 0.0500. The van der Waals surface area contributed by atoms with Gasteiger partial charge in [-0.3, -0.25) is 4.72 Å². The van der Waals surface area contributed by atoms with Gasteiger partial charge in [-0.25, -0.2) is 0 Å². The fraction of sp³-hybridized carbons (Fsp3) is 0.400. The first-order valence-electron chi connectivity index (χ1n) is 2.38. The Bertz CT molecular complexity index is 62.5. The molecule has 39 valence electrons. The zero-order chi connectivity index (χ0) is 4.95. The van der Waals surface area contributed by atoms with Gasteiger partial charge < -0.3 is 0 Å². The molecule has 0 saturated carbocycles. The van der Waals surface area contributed by atoms with Gasteiger partial charge in [-0.15, -0.1) is 0 Å². The Kier molecular flexibility index (Phi) is 2.30. The molecule has 1 aliphatic rings. The second kappa shape index (κ2) is 3.10. The molecular formula is C5H8NS. The summed E-state index contributed by atoms with van der Waals surface area (Å²) >= 11 is 1.63. The first kappa shape index (κ1) is 5.19. The highest BCUT2D eigenvalue weighted by molar-refractivity contribution is 8.00. The predicted octanol–water partition coefficient (Wildman–Crippen LogP) is 1.69. The van der Waals surface area contributed by atoms with E-state index in [1.54, 1.807) is 11.9 Å². The lowest BCUT2D eigenvalue weighted by Crippen LogP contribution is -1.92. The number of rotatable bonds is 0. The van der Waals surface area contributed by atoms with Gasteiger partial charge in [0.2, 0.25) is 0 Å². The number of hydrogen-bond acceptors (Lipinski definition) is 2. The van der Waals surface area contributed by atoms with Gasteiger partial charge in [-0.2, -0.15) is 0 Å². The minimum absolute atomic E-state index is 1.16. The van der Waals surface area contributed by atoms with Crippen molar-refractivity contribution in [3.63, 3.8) is 0 Å². The highest BCUT2D eigenvalue weighted by Crippen LogP contribution is 2.06. The molecule has 1 rings (SSSR count). The number of hydrogen-bond donors (Lipinski definition) is 1. The van der Waals surface area contributed by atoms with Crippen molar-refractivity contribution >= 4 is 11.9 Å². The van der Waals surface area contributed by atoms with Crippen LogP contribution < -0.4 is 4.72 Å². The summed E-state index contributed by atoms with van der Waals surface area (Å²) in [7, 11) is 0. The average molecular weight is 114 g/mol. The van der Waals surface area contributed by atoms with Gasteiger partial charge >= 0.3 is 0 Å². The minimum Gasteiger partial charge on any atom is -0.256 e. The maximum absolute atomic E-state index is 3.05. The van der Waals surface area contributed by atoms with Crippen LogP contribution in [0.1, 0.15) is 12.8 Å². The molecule has 0 fully saturated rings. The molecule has 2 heteroatoms. The second-order valence-corrected chi connectivity index (χ2v) is 2.13. The molecule has 1 nitrogen and oxygen atoms in total. The van der Waals surface area contributed by atoms with E-state index in [0.29, 0.717) is 0 Å². The highest BCUT2D eigenvalue weighted by atomic mass is 32.2.